The number of furan rings is 1. The van der Waals surface area contributed by atoms with Gasteiger partial charge in [0, 0.05) is 27.5 Å². The van der Waals surface area contributed by atoms with Crippen LogP contribution in [0.1, 0.15) is 0 Å². The number of rotatable bonds is 6. The second kappa shape index (κ2) is 12.9. The zero-order valence-electron chi connectivity index (χ0n) is 28.6. The summed E-state index contributed by atoms with van der Waals surface area (Å²) in [4.78, 5) is 15.5. The molecule has 10 aromatic rings. The smallest absolute Gasteiger partial charge is 0.164 e. The van der Waals surface area contributed by atoms with E-state index >= 15 is 0 Å². The minimum absolute atomic E-state index is 0.590. The Kier molecular flexibility index (Phi) is 7.43. The molecule has 0 saturated carbocycles. The normalized spacial score (nSPS) is 11.4. The van der Waals surface area contributed by atoms with Crippen molar-refractivity contribution in [1.82, 2.24) is 15.0 Å². The standard InChI is InChI=1S/C49H31N3O/c1-4-13-32(14-5-1)37-26-28-44-43(30-37)46-41(21-12-22-45(46)53-44)49-51-47(35-18-8-3-9-19-35)50-48(52-49)39-25-27-40(42(31-39)34-16-6-2-7-17-34)38-24-23-33-15-10-11-20-36(33)29-38/h1-31H. The van der Waals surface area contributed by atoms with Crippen molar-refractivity contribution in [2.24, 2.45) is 0 Å². The summed E-state index contributed by atoms with van der Waals surface area (Å²) >= 11 is 0. The first-order chi connectivity index (χ1) is 26.2. The van der Waals surface area contributed by atoms with Crippen molar-refractivity contribution in [2.75, 3.05) is 0 Å². The van der Waals surface area contributed by atoms with E-state index in [9.17, 15) is 0 Å². The monoisotopic (exact) mass is 677 g/mol. The molecule has 0 amide bonds. The van der Waals surface area contributed by atoms with E-state index in [0.29, 0.717) is 17.5 Å². The van der Waals surface area contributed by atoms with Crippen LogP contribution < -0.4 is 0 Å². The van der Waals surface area contributed by atoms with Gasteiger partial charge in [-0.25, -0.2) is 15.0 Å². The highest BCUT2D eigenvalue weighted by atomic mass is 16.3. The van der Waals surface area contributed by atoms with Crippen LogP contribution in [0, 0.1) is 0 Å². The molecule has 248 valence electrons. The number of fused-ring (bicyclic) bond motifs is 4. The van der Waals surface area contributed by atoms with Gasteiger partial charge < -0.3 is 4.42 Å². The second-order valence-corrected chi connectivity index (χ2v) is 13.2. The van der Waals surface area contributed by atoms with E-state index in [0.717, 1.165) is 72.0 Å². The Morgan fingerprint density at radius 1 is 0.302 bits per heavy atom. The topological polar surface area (TPSA) is 51.8 Å². The van der Waals surface area contributed by atoms with Crippen LogP contribution >= 0.6 is 0 Å². The van der Waals surface area contributed by atoms with Gasteiger partial charge in [-0.1, -0.05) is 158 Å². The molecule has 0 radical (unpaired) electrons. The molecular weight excluding hydrogens is 647 g/mol. The SMILES string of the molecule is c1ccc(-c2ccc3oc4cccc(-c5nc(-c6ccccc6)nc(-c6ccc(-c7ccc8ccccc8c7)c(-c7ccccc7)c6)n5)c4c3c2)cc1. The van der Waals surface area contributed by atoms with Crippen molar-refractivity contribution in [1.29, 1.82) is 0 Å². The fourth-order valence-corrected chi connectivity index (χ4v) is 7.31. The number of nitrogens with zero attached hydrogens (tertiary/aromatic N) is 3. The average molecular weight is 678 g/mol. The molecule has 2 aromatic heterocycles. The molecule has 0 aliphatic carbocycles. The average Bonchev–Trinajstić information content (AvgIpc) is 3.62. The highest BCUT2D eigenvalue weighted by Gasteiger charge is 2.19. The zero-order chi connectivity index (χ0) is 35.1. The lowest BCUT2D eigenvalue weighted by molar-refractivity contribution is 0.669. The quantitative estimate of drug-likeness (QED) is 0.176. The largest absolute Gasteiger partial charge is 0.456 e. The van der Waals surface area contributed by atoms with Crippen LogP contribution in [0.5, 0.6) is 0 Å². The third-order valence-corrected chi connectivity index (χ3v) is 9.93. The predicted octanol–water partition coefficient (Wildman–Crippen LogP) is 12.9. The summed E-state index contributed by atoms with van der Waals surface area (Å²) in [6, 6.07) is 65.2. The van der Waals surface area contributed by atoms with E-state index in [-0.39, 0.29) is 0 Å². The fraction of sp³-hybridized carbons (Fsp3) is 0. The molecule has 0 N–H and O–H groups in total. The van der Waals surface area contributed by atoms with Crippen molar-refractivity contribution in [3.8, 4) is 67.5 Å². The van der Waals surface area contributed by atoms with Gasteiger partial charge in [0.2, 0.25) is 0 Å². The summed E-state index contributed by atoms with van der Waals surface area (Å²) in [5.74, 6) is 1.80. The Hall–Kier alpha value is -7.17. The summed E-state index contributed by atoms with van der Waals surface area (Å²) in [6.45, 7) is 0. The van der Waals surface area contributed by atoms with Crippen LogP contribution in [0.2, 0.25) is 0 Å². The maximum absolute atomic E-state index is 6.41. The van der Waals surface area contributed by atoms with Crippen LogP contribution in [-0.2, 0) is 0 Å². The van der Waals surface area contributed by atoms with E-state index in [4.69, 9.17) is 19.4 Å². The van der Waals surface area contributed by atoms with E-state index in [2.05, 4.69) is 140 Å². The first-order valence-electron chi connectivity index (χ1n) is 17.8. The second-order valence-electron chi connectivity index (χ2n) is 13.2. The fourth-order valence-electron chi connectivity index (χ4n) is 7.31. The summed E-state index contributed by atoms with van der Waals surface area (Å²) in [7, 11) is 0. The first kappa shape index (κ1) is 30.6. The molecule has 0 fully saturated rings. The van der Waals surface area contributed by atoms with Crippen LogP contribution in [-0.4, -0.2) is 15.0 Å². The van der Waals surface area contributed by atoms with Gasteiger partial charge in [-0.05, 0) is 74.5 Å². The zero-order valence-corrected chi connectivity index (χ0v) is 28.6. The minimum atomic E-state index is 0.590. The summed E-state index contributed by atoms with van der Waals surface area (Å²) in [5, 5.41) is 4.43. The van der Waals surface area contributed by atoms with Crippen molar-refractivity contribution in [3.63, 3.8) is 0 Å². The van der Waals surface area contributed by atoms with E-state index in [1.807, 2.05) is 48.5 Å². The molecule has 0 saturated heterocycles. The van der Waals surface area contributed by atoms with E-state index in [1.165, 1.54) is 10.8 Å². The molecule has 4 nitrogen and oxygen atoms in total. The summed E-state index contributed by atoms with van der Waals surface area (Å²) < 4.78 is 6.41. The molecule has 0 spiro atoms. The molecule has 4 heteroatoms. The Labute approximate surface area is 306 Å². The third kappa shape index (κ3) is 5.63. The van der Waals surface area contributed by atoms with Crippen molar-refractivity contribution in [2.45, 2.75) is 0 Å². The Bertz CT molecular complexity index is 2940. The predicted molar refractivity (Wildman–Crippen MR) is 217 cm³/mol. The van der Waals surface area contributed by atoms with Gasteiger partial charge in [-0.3, -0.25) is 0 Å². The maximum Gasteiger partial charge on any atom is 0.164 e. The lowest BCUT2D eigenvalue weighted by Crippen LogP contribution is -2.01. The van der Waals surface area contributed by atoms with Gasteiger partial charge in [0.25, 0.3) is 0 Å². The maximum atomic E-state index is 6.41. The van der Waals surface area contributed by atoms with Crippen molar-refractivity contribution < 1.29 is 4.42 Å². The van der Waals surface area contributed by atoms with Crippen LogP contribution in [0.3, 0.4) is 0 Å². The summed E-state index contributed by atoms with van der Waals surface area (Å²) in [6.07, 6.45) is 0. The molecular formula is C49H31N3O. The Balaban J connectivity index is 1.18. The van der Waals surface area contributed by atoms with Gasteiger partial charge in [-0.15, -0.1) is 0 Å². The lowest BCUT2D eigenvalue weighted by Gasteiger charge is -2.14. The number of hydrogen-bond donors (Lipinski definition) is 0. The Morgan fingerprint density at radius 3 is 1.70 bits per heavy atom. The van der Waals surface area contributed by atoms with Gasteiger partial charge >= 0.3 is 0 Å². The highest BCUT2D eigenvalue weighted by molar-refractivity contribution is 6.12. The number of benzene rings is 8. The third-order valence-electron chi connectivity index (χ3n) is 9.93. The van der Waals surface area contributed by atoms with Gasteiger partial charge in [-0.2, -0.15) is 0 Å². The van der Waals surface area contributed by atoms with Crippen LogP contribution in [0.15, 0.2) is 192 Å². The van der Waals surface area contributed by atoms with Crippen LogP contribution in [0.4, 0.5) is 0 Å². The first-order valence-corrected chi connectivity index (χ1v) is 17.8. The van der Waals surface area contributed by atoms with Crippen molar-refractivity contribution >= 4 is 32.7 Å². The summed E-state index contributed by atoms with van der Waals surface area (Å²) in [5.41, 5.74) is 11.1. The minimum Gasteiger partial charge on any atom is -0.456 e. The molecule has 10 rings (SSSR count). The van der Waals surface area contributed by atoms with Gasteiger partial charge in [0.1, 0.15) is 11.2 Å². The molecule has 8 aromatic carbocycles. The number of aromatic nitrogens is 3. The molecule has 53 heavy (non-hydrogen) atoms. The van der Waals surface area contributed by atoms with Crippen LogP contribution in [0.25, 0.3) is 100 Å². The molecule has 0 aliphatic rings. The Morgan fingerprint density at radius 2 is 0.925 bits per heavy atom. The van der Waals surface area contributed by atoms with Crippen molar-refractivity contribution in [3.05, 3.63) is 188 Å². The molecule has 2 heterocycles. The van der Waals surface area contributed by atoms with E-state index < -0.39 is 0 Å². The lowest BCUT2D eigenvalue weighted by atomic mass is 9.91. The molecule has 0 atom stereocenters. The molecule has 0 unspecified atom stereocenters. The number of hydrogen-bond acceptors (Lipinski definition) is 4. The van der Waals surface area contributed by atoms with Gasteiger partial charge in [0.15, 0.2) is 17.5 Å². The van der Waals surface area contributed by atoms with Gasteiger partial charge in [0.05, 0.1) is 0 Å². The highest BCUT2D eigenvalue weighted by Crippen LogP contribution is 2.40. The van der Waals surface area contributed by atoms with E-state index in [1.54, 1.807) is 0 Å². The molecule has 0 aliphatic heterocycles. The molecule has 0 bridgehead atoms.